The lowest BCUT2D eigenvalue weighted by Crippen LogP contribution is -2.40. The van der Waals surface area contributed by atoms with E-state index in [0.717, 1.165) is 12.8 Å². The minimum atomic E-state index is -0.0168. The Morgan fingerprint density at radius 2 is 1.78 bits per heavy atom. The zero-order valence-corrected chi connectivity index (χ0v) is 15.3. The first-order valence-electron chi connectivity index (χ1n) is 9.07. The normalized spacial score (nSPS) is 30.4. The third-order valence-corrected chi connectivity index (χ3v) is 6.40. The number of carbonyl (C=O) groups excluding carboxylic acids is 1. The predicted octanol–water partition coefficient (Wildman–Crippen LogP) is 5.89. The van der Waals surface area contributed by atoms with E-state index in [1.807, 2.05) is 0 Å². The number of hydrogen-bond acceptors (Lipinski definition) is 1. The van der Waals surface area contributed by atoms with Crippen molar-refractivity contribution in [2.75, 3.05) is 0 Å². The van der Waals surface area contributed by atoms with Crippen LogP contribution in [0.5, 0.6) is 0 Å². The largest absolute Gasteiger partial charge is 0.299 e. The molecular formula is C22H30O. The highest BCUT2D eigenvalue weighted by molar-refractivity contribution is 5.88. The Morgan fingerprint density at radius 3 is 2.48 bits per heavy atom. The molecule has 1 heteroatoms. The van der Waals surface area contributed by atoms with Gasteiger partial charge in [-0.2, -0.15) is 0 Å². The number of hydrogen-bond donors (Lipinski definition) is 0. The second-order valence-electron chi connectivity index (χ2n) is 8.55. The van der Waals surface area contributed by atoms with Crippen molar-refractivity contribution in [2.24, 2.45) is 10.8 Å². The average Bonchev–Trinajstić information content (AvgIpc) is 2.58. The Hall–Kier alpha value is -1.37. The topological polar surface area (TPSA) is 17.1 Å². The van der Waals surface area contributed by atoms with Crippen LogP contribution in [-0.4, -0.2) is 5.78 Å². The molecule has 124 valence electrons. The van der Waals surface area contributed by atoms with Crippen LogP contribution in [0.2, 0.25) is 0 Å². The Morgan fingerprint density at radius 1 is 1.04 bits per heavy atom. The van der Waals surface area contributed by atoms with E-state index in [0.29, 0.717) is 12.2 Å². The zero-order chi connectivity index (χ0) is 16.8. The van der Waals surface area contributed by atoms with E-state index < -0.39 is 0 Å². The zero-order valence-electron chi connectivity index (χ0n) is 15.3. The molecule has 0 bridgehead atoms. The van der Waals surface area contributed by atoms with Crippen LogP contribution in [0.1, 0.15) is 75.5 Å². The maximum Gasteiger partial charge on any atom is 0.141 e. The fourth-order valence-corrected chi connectivity index (χ4v) is 5.11. The Balaban J connectivity index is 2.14. The van der Waals surface area contributed by atoms with Crippen LogP contribution in [0.4, 0.5) is 0 Å². The number of ketones is 1. The second-order valence-corrected chi connectivity index (χ2v) is 8.55. The van der Waals surface area contributed by atoms with Gasteiger partial charge in [-0.1, -0.05) is 57.0 Å². The summed E-state index contributed by atoms with van der Waals surface area (Å²) in [6.45, 7) is 11.4. The molecule has 1 nitrogen and oxygen atoms in total. The number of allylic oxidation sites excluding steroid dienone is 2. The van der Waals surface area contributed by atoms with Gasteiger partial charge in [0.25, 0.3) is 0 Å². The summed E-state index contributed by atoms with van der Waals surface area (Å²) in [7, 11) is 0. The van der Waals surface area contributed by atoms with Gasteiger partial charge >= 0.3 is 0 Å². The number of rotatable bonds is 1. The van der Waals surface area contributed by atoms with Crippen LogP contribution in [0.15, 0.2) is 29.8 Å². The molecule has 0 spiro atoms. The van der Waals surface area contributed by atoms with Gasteiger partial charge < -0.3 is 0 Å². The van der Waals surface area contributed by atoms with Crippen LogP contribution in [0.25, 0.3) is 0 Å². The summed E-state index contributed by atoms with van der Waals surface area (Å²) in [5, 5.41) is 0. The maximum atomic E-state index is 13.0. The van der Waals surface area contributed by atoms with Crippen molar-refractivity contribution >= 4 is 5.78 Å². The van der Waals surface area contributed by atoms with Gasteiger partial charge in [0.05, 0.1) is 5.92 Å². The predicted molar refractivity (Wildman–Crippen MR) is 96.7 cm³/mol. The molecular weight excluding hydrogens is 280 g/mol. The van der Waals surface area contributed by atoms with E-state index in [1.165, 1.54) is 35.1 Å². The number of benzene rings is 1. The lowest BCUT2D eigenvalue weighted by Gasteiger charge is -2.49. The molecule has 0 amide bonds. The van der Waals surface area contributed by atoms with Crippen molar-refractivity contribution in [3.8, 4) is 0 Å². The van der Waals surface area contributed by atoms with E-state index in [-0.39, 0.29) is 16.7 Å². The van der Waals surface area contributed by atoms with Crippen LogP contribution < -0.4 is 0 Å². The highest BCUT2D eigenvalue weighted by Crippen LogP contribution is 2.58. The van der Waals surface area contributed by atoms with Crippen LogP contribution in [0, 0.1) is 24.7 Å². The first kappa shape index (κ1) is 16.5. The molecule has 0 unspecified atom stereocenters. The van der Waals surface area contributed by atoms with Gasteiger partial charge in [0.1, 0.15) is 5.78 Å². The Bertz CT molecular complexity index is 665. The third kappa shape index (κ3) is 2.69. The van der Waals surface area contributed by atoms with E-state index in [1.54, 1.807) is 0 Å². The van der Waals surface area contributed by atoms with Crippen molar-refractivity contribution in [1.82, 2.24) is 0 Å². The second kappa shape index (κ2) is 5.61. The molecule has 1 fully saturated rings. The molecule has 2 aliphatic rings. The van der Waals surface area contributed by atoms with E-state index >= 15 is 0 Å². The quantitative estimate of drug-likeness (QED) is 0.591. The Labute approximate surface area is 141 Å². The summed E-state index contributed by atoms with van der Waals surface area (Å²) in [5.74, 6) is 0.454. The van der Waals surface area contributed by atoms with Crippen molar-refractivity contribution in [3.05, 3.63) is 46.5 Å². The first-order valence-corrected chi connectivity index (χ1v) is 9.07. The standard InChI is InChI=1S/C22H30O/c1-15-10-11-17(14-16(15)2)20-18(23)8-6-9-19-21(3,4)12-7-13-22(19,20)5/h9-11,14,20H,6-8,12-13H2,1-5H3/t20-,22+/m1/s1. The van der Waals surface area contributed by atoms with Gasteiger partial charge in [-0.3, -0.25) is 4.79 Å². The molecule has 1 aromatic rings. The molecule has 23 heavy (non-hydrogen) atoms. The summed E-state index contributed by atoms with van der Waals surface area (Å²) in [6.07, 6.45) is 7.59. The molecule has 3 rings (SSSR count). The summed E-state index contributed by atoms with van der Waals surface area (Å²) in [6, 6.07) is 6.64. The molecule has 0 aromatic heterocycles. The van der Waals surface area contributed by atoms with Crippen LogP contribution in [0.3, 0.4) is 0 Å². The van der Waals surface area contributed by atoms with Crippen LogP contribution >= 0.6 is 0 Å². The molecule has 1 aromatic carbocycles. The van der Waals surface area contributed by atoms with E-state index in [4.69, 9.17) is 0 Å². The minimum Gasteiger partial charge on any atom is -0.299 e. The molecule has 0 aliphatic heterocycles. The van der Waals surface area contributed by atoms with Gasteiger partial charge in [-0.05, 0) is 55.2 Å². The number of fused-ring (bicyclic) bond motifs is 1. The van der Waals surface area contributed by atoms with Crippen molar-refractivity contribution in [3.63, 3.8) is 0 Å². The fraction of sp³-hybridized carbons (Fsp3) is 0.591. The van der Waals surface area contributed by atoms with Crippen LogP contribution in [-0.2, 0) is 4.79 Å². The van der Waals surface area contributed by atoms with E-state index in [9.17, 15) is 4.79 Å². The molecule has 2 atom stereocenters. The summed E-state index contributed by atoms with van der Waals surface area (Å²) in [5.41, 5.74) is 5.56. The Kier molecular flexibility index (Phi) is 4.02. The van der Waals surface area contributed by atoms with Crippen molar-refractivity contribution in [2.45, 2.75) is 72.6 Å². The van der Waals surface area contributed by atoms with Gasteiger partial charge in [-0.15, -0.1) is 0 Å². The highest BCUT2D eigenvalue weighted by atomic mass is 16.1. The molecule has 2 aliphatic carbocycles. The van der Waals surface area contributed by atoms with E-state index in [2.05, 4.69) is 58.9 Å². The van der Waals surface area contributed by atoms with Gasteiger partial charge in [0.2, 0.25) is 0 Å². The highest BCUT2D eigenvalue weighted by Gasteiger charge is 2.49. The fourth-order valence-electron chi connectivity index (χ4n) is 5.11. The number of aryl methyl sites for hydroxylation is 2. The van der Waals surface area contributed by atoms with Crippen molar-refractivity contribution < 1.29 is 4.79 Å². The maximum absolute atomic E-state index is 13.0. The van der Waals surface area contributed by atoms with Gasteiger partial charge in [-0.25, -0.2) is 0 Å². The molecule has 0 heterocycles. The minimum absolute atomic E-state index is 0.0168. The molecule has 1 saturated carbocycles. The first-order chi connectivity index (χ1) is 10.8. The third-order valence-electron chi connectivity index (χ3n) is 6.40. The monoisotopic (exact) mass is 310 g/mol. The van der Waals surface area contributed by atoms with Crippen molar-refractivity contribution in [1.29, 1.82) is 0 Å². The van der Waals surface area contributed by atoms with Gasteiger partial charge in [0, 0.05) is 11.8 Å². The number of Topliss-reactive ketones (excluding diaryl/α,β-unsaturated/α-hetero) is 1. The van der Waals surface area contributed by atoms with Gasteiger partial charge in [0.15, 0.2) is 0 Å². The number of carbonyl (C=O) groups is 1. The lowest BCUT2D eigenvalue weighted by molar-refractivity contribution is -0.122. The average molecular weight is 310 g/mol. The molecule has 0 saturated heterocycles. The molecule has 0 radical (unpaired) electrons. The summed E-state index contributed by atoms with van der Waals surface area (Å²) < 4.78 is 0. The summed E-state index contributed by atoms with van der Waals surface area (Å²) >= 11 is 0. The summed E-state index contributed by atoms with van der Waals surface area (Å²) in [4.78, 5) is 13.0. The smallest absolute Gasteiger partial charge is 0.141 e. The lowest BCUT2D eigenvalue weighted by atomic mass is 9.54. The molecule has 0 N–H and O–H groups in total. The SMILES string of the molecule is Cc1ccc([C@@H]2C(=O)CCC=C3C(C)(C)CCC[C@@]32C)cc1C.